The van der Waals surface area contributed by atoms with Crippen LogP contribution in [-0.4, -0.2) is 40.0 Å². The van der Waals surface area contributed by atoms with Gasteiger partial charge < -0.3 is 9.84 Å². The third-order valence-corrected chi connectivity index (χ3v) is 6.65. The van der Waals surface area contributed by atoms with Gasteiger partial charge >= 0.3 is 0 Å². The minimum Gasteiger partial charge on any atom is -0.394 e. The average Bonchev–Trinajstić information content (AvgIpc) is 2.61. The van der Waals surface area contributed by atoms with E-state index in [1.165, 1.54) is 18.4 Å². The van der Waals surface area contributed by atoms with Gasteiger partial charge in [-0.15, -0.1) is 0 Å². The number of ether oxygens (including phenoxy) is 1. The topological polar surface area (TPSA) is 72.8 Å². The van der Waals surface area contributed by atoms with Gasteiger partial charge in [0.25, 0.3) is 10.1 Å². The van der Waals surface area contributed by atoms with Gasteiger partial charge in [-0.1, -0.05) is 39.3 Å². The maximum atomic E-state index is 12.2. The summed E-state index contributed by atoms with van der Waals surface area (Å²) in [6, 6.07) is 7.18. The van der Waals surface area contributed by atoms with Crippen LogP contribution in [0.2, 0.25) is 0 Å². The number of aliphatic hydroxyl groups is 1. The van der Waals surface area contributed by atoms with E-state index in [1.807, 2.05) is 12.1 Å². The zero-order valence-corrected chi connectivity index (χ0v) is 16.9. The second-order valence-corrected chi connectivity index (χ2v) is 9.23. The van der Waals surface area contributed by atoms with Crippen LogP contribution in [0.3, 0.4) is 0 Å². The molecule has 1 aromatic carbocycles. The van der Waals surface area contributed by atoms with Crippen LogP contribution in [0.15, 0.2) is 29.2 Å². The Morgan fingerprint density at radius 2 is 1.81 bits per heavy atom. The van der Waals surface area contributed by atoms with Crippen LogP contribution < -0.4 is 0 Å². The number of benzene rings is 1. The molecule has 148 valence electrons. The third kappa shape index (κ3) is 5.78. The molecule has 0 aromatic heterocycles. The first kappa shape index (κ1) is 21.4. The number of aliphatic hydroxyl groups excluding tert-OH is 1. The first-order valence-corrected chi connectivity index (χ1v) is 10.9. The van der Waals surface area contributed by atoms with Crippen molar-refractivity contribution in [3.05, 3.63) is 29.8 Å². The van der Waals surface area contributed by atoms with Crippen molar-refractivity contribution in [3.63, 3.8) is 0 Å². The molecule has 0 spiro atoms. The van der Waals surface area contributed by atoms with Crippen LogP contribution in [0, 0.1) is 17.8 Å². The first-order chi connectivity index (χ1) is 12.3. The van der Waals surface area contributed by atoms with Crippen LogP contribution in [0.1, 0.15) is 51.5 Å². The minimum absolute atomic E-state index is 0.0559. The van der Waals surface area contributed by atoms with Gasteiger partial charge in [-0.25, -0.2) is 0 Å². The van der Waals surface area contributed by atoms with E-state index >= 15 is 0 Å². The van der Waals surface area contributed by atoms with Crippen molar-refractivity contribution in [1.29, 1.82) is 0 Å². The molecule has 26 heavy (non-hydrogen) atoms. The Labute approximate surface area is 157 Å². The second-order valence-electron chi connectivity index (χ2n) is 7.61. The Morgan fingerprint density at radius 1 is 1.12 bits per heavy atom. The molecule has 3 atom stereocenters. The molecule has 0 saturated heterocycles. The van der Waals surface area contributed by atoms with Gasteiger partial charge in [0.05, 0.1) is 31.3 Å². The highest BCUT2D eigenvalue weighted by atomic mass is 32.2. The van der Waals surface area contributed by atoms with Crippen LogP contribution in [0.5, 0.6) is 0 Å². The van der Waals surface area contributed by atoms with E-state index in [0.29, 0.717) is 23.7 Å². The maximum absolute atomic E-state index is 12.2. The van der Waals surface area contributed by atoms with E-state index in [1.54, 1.807) is 12.1 Å². The Morgan fingerprint density at radius 3 is 2.42 bits per heavy atom. The van der Waals surface area contributed by atoms with E-state index < -0.39 is 10.1 Å². The molecule has 0 radical (unpaired) electrons. The lowest BCUT2D eigenvalue weighted by Gasteiger charge is -2.37. The predicted octanol–water partition coefficient (Wildman–Crippen LogP) is 3.58. The second kappa shape index (κ2) is 9.83. The highest BCUT2D eigenvalue weighted by Crippen LogP contribution is 2.44. The monoisotopic (exact) mass is 384 g/mol. The van der Waals surface area contributed by atoms with Crippen molar-refractivity contribution in [2.45, 2.75) is 50.8 Å². The van der Waals surface area contributed by atoms with Crippen molar-refractivity contribution < 1.29 is 22.4 Å². The van der Waals surface area contributed by atoms with Crippen molar-refractivity contribution in [1.82, 2.24) is 0 Å². The highest BCUT2D eigenvalue weighted by Gasteiger charge is 2.31. The van der Waals surface area contributed by atoms with Crippen molar-refractivity contribution >= 4 is 10.1 Å². The molecule has 3 unspecified atom stereocenters. The first-order valence-electron chi connectivity index (χ1n) is 9.53. The summed E-state index contributed by atoms with van der Waals surface area (Å²) in [6.07, 6.45) is 3.67. The summed E-state index contributed by atoms with van der Waals surface area (Å²) in [7, 11) is -3.78. The molecular formula is C20H32O5S. The summed E-state index contributed by atoms with van der Waals surface area (Å²) in [5.41, 5.74) is 1.22. The van der Waals surface area contributed by atoms with E-state index in [2.05, 4.69) is 20.8 Å². The number of hydrogen-bond donors (Lipinski definition) is 1. The van der Waals surface area contributed by atoms with Crippen molar-refractivity contribution in [2.24, 2.45) is 17.8 Å². The fourth-order valence-corrected chi connectivity index (χ4v) is 4.80. The molecule has 0 bridgehead atoms. The predicted molar refractivity (Wildman–Crippen MR) is 102 cm³/mol. The molecular weight excluding hydrogens is 352 g/mol. The Hall–Kier alpha value is -0.950. The molecule has 1 saturated carbocycles. The Balaban J connectivity index is 2.04. The summed E-state index contributed by atoms with van der Waals surface area (Å²) in [4.78, 5) is 0.174. The zero-order valence-electron chi connectivity index (χ0n) is 16.1. The number of rotatable bonds is 9. The van der Waals surface area contributed by atoms with Gasteiger partial charge in [-0.3, -0.25) is 4.18 Å². The molecule has 1 aromatic rings. The van der Waals surface area contributed by atoms with E-state index in [-0.39, 0.29) is 31.3 Å². The molecule has 6 heteroatoms. The lowest BCUT2D eigenvalue weighted by molar-refractivity contribution is 0.0719. The summed E-state index contributed by atoms with van der Waals surface area (Å²) >= 11 is 0. The largest absolute Gasteiger partial charge is 0.394 e. The highest BCUT2D eigenvalue weighted by molar-refractivity contribution is 7.86. The minimum atomic E-state index is -3.78. The van der Waals surface area contributed by atoms with E-state index in [0.717, 1.165) is 6.42 Å². The van der Waals surface area contributed by atoms with Crippen molar-refractivity contribution in [3.8, 4) is 0 Å². The summed E-state index contributed by atoms with van der Waals surface area (Å²) in [6.45, 7) is 7.02. The fourth-order valence-electron chi connectivity index (χ4n) is 3.90. The fraction of sp³-hybridized carbons (Fsp3) is 0.700. The van der Waals surface area contributed by atoms with Crippen LogP contribution >= 0.6 is 0 Å². The van der Waals surface area contributed by atoms with E-state index in [9.17, 15) is 8.42 Å². The van der Waals surface area contributed by atoms with Crippen LogP contribution in [-0.2, 0) is 19.0 Å². The van der Waals surface area contributed by atoms with Gasteiger partial charge in [0, 0.05) is 0 Å². The summed E-state index contributed by atoms with van der Waals surface area (Å²) in [5.74, 6) is 2.47. The van der Waals surface area contributed by atoms with Gasteiger partial charge in [-0.2, -0.15) is 8.42 Å². The van der Waals surface area contributed by atoms with Gasteiger partial charge in [0.15, 0.2) is 0 Å². The lowest BCUT2D eigenvalue weighted by atomic mass is 9.68. The molecule has 0 aliphatic heterocycles. The van der Waals surface area contributed by atoms with Crippen LogP contribution in [0.4, 0.5) is 0 Å². The normalized spacial score (nSPS) is 24.1. The molecule has 2 rings (SSSR count). The lowest BCUT2D eigenvalue weighted by Crippen LogP contribution is -2.26. The van der Waals surface area contributed by atoms with Gasteiger partial charge in [0.2, 0.25) is 0 Å². The molecule has 0 amide bonds. The smallest absolute Gasteiger partial charge is 0.297 e. The Kier molecular flexibility index (Phi) is 8.07. The van der Waals surface area contributed by atoms with Crippen LogP contribution in [0.25, 0.3) is 0 Å². The standard InChI is InChI=1S/C20H32O5S/c1-15(2)19-9-4-16(3)14-20(19)17-5-7-18(8-6-17)26(22,23)25-13-12-24-11-10-21/h5-8,15-16,19-21H,4,9-14H2,1-3H3. The molecule has 1 aliphatic carbocycles. The van der Waals surface area contributed by atoms with Gasteiger partial charge in [0.1, 0.15) is 0 Å². The molecule has 1 N–H and O–H groups in total. The van der Waals surface area contributed by atoms with Gasteiger partial charge in [-0.05, 0) is 54.2 Å². The SMILES string of the molecule is CC1CCC(C(C)C)C(c2ccc(S(=O)(=O)OCCOCCO)cc2)C1. The zero-order chi connectivity index (χ0) is 19.2. The van der Waals surface area contributed by atoms with Crippen molar-refractivity contribution in [2.75, 3.05) is 26.4 Å². The average molecular weight is 385 g/mol. The molecule has 1 fully saturated rings. The van der Waals surface area contributed by atoms with E-state index in [4.69, 9.17) is 14.0 Å². The summed E-state index contributed by atoms with van der Waals surface area (Å²) < 4.78 is 34.5. The molecule has 1 aliphatic rings. The molecule has 0 heterocycles. The number of hydrogen-bond acceptors (Lipinski definition) is 5. The maximum Gasteiger partial charge on any atom is 0.297 e. The quantitative estimate of drug-likeness (QED) is 0.520. The third-order valence-electron chi connectivity index (χ3n) is 5.32. The summed E-state index contributed by atoms with van der Waals surface area (Å²) in [5, 5.41) is 8.62. The molecule has 5 nitrogen and oxygen atoms in total. The Bertz CT molecular complexity index is 639.